The third-order valence-electron chi connectivity index (χ3n) is 3.54. The van der Waals surface area contributed by atoms with Gasteiger partial charge in [-0.2, -0.15) is 4.39 Å². The van der Waals surface area contributed by atoms with Gasteiger partial charge in [0.05, 0.1) is 15.5 Å². The maximum Gasteiger partial charge on any atom is 0.306 e. The quantitative estimate of drug-likeness (QED) is 0.651. The molecule has 8 heteroatoms. The molecule has 0 heterocycles. The number of aryl methyl sites for hydroxylation is 1. The van der Waals surface area contributed by atoms with Crippen molar-refractivity contribution in [2.75, 3.05) is 4.72 Å². The number of anilines is 1. The molecule has 0 aromatic heterocycles. The Balaban J connectivity index is 2.51. The molecule has 0 radical (unpaired) electrons. The second-order valence-electron chi connectivity index (χ2n) is 5.68. The van der Waals surface area contributed by atoms with Crippen LogP contribution in [0.4, 0.5) is 15.8 Å². The fourth-order valence-electron chi connectivity index (χ4n) is 2.30. The predicted octanol–water partition coefficient (Wildman–Crippen LogP) is 3.97. The van der Waals surface area contributed by atoms with E-state index >= 15 is 0 Å². The van der Waals surface area contributed by atoms with E-state index < -0.39 is 26.5 Å². The molecule has 0 aliphatic carbocycles. The summed E-state index contributed by atoms with van der Waals surface area (Å²) in [5.41, 5.74) is 0.195. The number of nitrogens with one attached hydrogen (secondary N) is 1. The van der Waals surface area contributed by atoms with E-state index in [9.17, 15) is 22.9 Å². The Morgan fingerprint density at radius 3 is 2.42 bits per heavy atom. The Kier molecular flexibility index (Phi) is 4.88. The van der Waals surface area contributed by atoms with Crippen molar-refractivity contribution in [3.63, 3.8) is 0 Å². The lowest BCUT2D eigenvalue weighted by Crippen LogP contribution is -2.15. The molecule has 24 heavy (non-hydrogen) atoms. The fourth-order valence-corrected chi connectivity index (χ4v) is 3.50. The Bertz CT molecular complexity index is 895. The third kappa shape index (κ3) is 3.53. The minimum Gasteiger partial charge on any atom is -0.279 e. The van der Waals surface area contributed by atoms with Crippen LogP contribution in [0.1, 0.15) is 30.9 Å². The minimum atomic E-state index is -4.09. The number of rotatable bonds is 5. The summed E-state index contributed by atoms with van der Waals surface area (Å²) < 4.78 is 41.3. The molecule has 0 atom stereocenters. The number of halogens is 1. The highest BCUT2D eigenvalue weighted by Gasteiger charge is 2.24. The largest absolute Gasteiger partial charge is 0.306 e. The van der Waals surface area contributed by atoms with E-state index in [2.05, 4.69) is 4.72 Å². The summed E-state index contributed by atoms with van der Waals surface area (Å²) in [6.45, 7) is 5.11. The summed E-state index contributed by atoms with van der Waals surface area (Å²) in [5.74, 6) is -0.963. The van der Waals surface area contributed by atoms with Gasteiger partial charge in [-0.15, -0.1) is 0 Å². The fraction of sp³-hybridized carbons (Fsp3) is 0.250. The molecular weight excluding hydrogens is 335 g/mol. The maximum absolute atomic E-state index is 13.8. The third-order valence-corrected chi connectivity index (χ3v) is 4.89. The highest BCUT2D eigenvalue weighted by molar-refractivity contribution is 7.92. The van der Waals surface area contributed by atoms with Gasteiger partial charge in [-0.05, 0) is 36.1 Å². The molecule has 0 amide bonds. The first-order valence-electron chi connectivity index (χ1n) is 7.19. The lowest BCUT2D eigenvalue weighted by atomic mass is 10.0. The lowest BCUT2D eigenvalue weighted by Gasteiger charge is -2.15. The monoisotopic (exact) mass is 352 g/mol. The molecule has 0 unspecified atom stereocenters. The second kappa shape index (κ2) is 6.56. The molecule has 0 saturated heterocycles. The molecular formula is C16H17FN2O4S. The molecule has 0 fully saturated rings. The van der Waals surface area contributed by atoms with Gasteiger partial charge in [0.15, 0.2) is 0 Å². The van der Waals surface area contributed by atoms with Crippen molar-refractivity contribution in [3.8, 4) is 0 Å². The van der Waals surface area contributed by atoms with Crippen LogP contribution >= 0.6 is 0 Å². The van der Waals surface area contributed by atoms with Crippen molar-refractivity contribution < 1.29 is 17.7 Å². The lowest BCUT2D eigenvalue weighted by molar-refractivity contribution is -0.387. The van der Waals surface area contributed by atoms with Gasteiger partial charge in [-0.1, -0.05) is 32.0 Å². The van der Waals surface area contributed by atoms with Gasteiger partial charge in [-0.3, -0.25) is 14.8 Å². The smallest absolute Gasteiger partial charge is 0.279 e. The van der Waals surface area contributed by atoms with Crippen LogP contribution < -0.4 is 4.72 Å². The van der Waals surface area contributed by atoms with Gasteiger partial charge in [0, 0.05) is 6.07 Å². The number of nitrogens with zero attached hydrogens (tertiary/aromatic N) is 1. The molecule has 0 aliphatic rings. The van der Waals surface area contributed by atoms with Crippen LogP contribution in [0, 0.1) is 22.9 Å². The van der Waals surface area contributed by atoms with Crippen LogP contribution in [0.5, 0.6) is 0 Å². The topological polar surface area (TPSA) is 89.3 Å². The summed E-state index contributed by atoms with van der Waals surface area (Å²) in [5, 5.41) is 10.9. The summed E-state index contributed by atoms with van der Waals surface area (Å²) in [6.07, 6.45) is 0. The van der Waals surface area contributed by atoms with Gasteiger partial charge in [0.1, 0.15) is 0 Å². The van der Waals surface area contributed by atoms with Crippen molar-refractivity contribution in [3.05, 3.63) is 63.5 Å². The van der Waals surface area contributed by atoms with Crippen molar-refractivity contribution >= 4 is 21.4 Å². The molecule has 2 rings (SSSR count). The number of hydrogen-bond acceptors (Lipinski definition) is 4. The zero-order chi connectivity index (χ0) is 18.1. The van der Waals surface area contributed by atoms with Gasteiger partial charge in [0.2, 0.25) is 5.82 Å². The van der Waals surface area contributed by atoms with Crippen molar-refractivity contribution in [2.45, 2.75) is 31.6 Å². The number of hydrogen-bond donors (Lipinski definition) is 1. The number of para-hydroxylation sites is 1. The van der Waals surface area contributed by atoms with Gasteiger partial charge in [0.25, 0.3) is 10.0 Å². The number of nitro groups is 1. The van der Waals surface area contributed by atoms with Crippen LogP contribution in [0.15, 0.2) is 41.3 Å². The predicted molar refractivity (Wildman–Crippen MR) is 89.1 cm³/mol. The summed E-state index contributed by atoms with van der Waals surface area (Å²) in [6, 6.07) is 8.67. The van der Waals surface area contributed by atoms with Gasteiger partial charge < -0.3 is 0 Å². The summed E-state index contributed by atoms with van der Waals surface area (Å²) in [4.78, 5) is 9.61. The first kappa shape index (κ1) is 17.9. The number of benzene rings is 2. The minimum absolute atomic E-state index is 0.0770. The first-order chi connectivity index (χ1) is 11.1. The molecule has 0 spiro atoms. The van der Waals surface area contributed by atoms with Crippen LogP contribution in [0.3, 0.4) is 0 Å². The highest BCUT2D eigenvalue weighted by Crippen LogP contribution is 2.29. The van der Waals surface area contributed by atoms with Crippen molar-refractivity contribution in [2.24, 2.45) is 0 Å². The number of sulfonamides is 1. The SMILES string of the molecule is Cc1cc(S(=O)(=O)Nc2ccccc2C(C)C)cc([N+](=O)[O-])c1F. The van der Waals surface area contributed by atoms with Crippen LogP contribution in [-0.4, -0.2) is 13.3 Å². The molecule has 1 N–H and O–H groups in total. The zero-order valence-electron chi connectivity index (χ0n) is 13.4. The maximum atomic E-state index is 13.8. The van der Waals surface area contributed by atoms with E-state index in [1.807, 2.05) is 13.8 Å². The second-order valence-corrected chi connectivity index (χ2v) is 7.36. The van der Waals surface area contributed by atoms with E-state index in [-0.39, 0.29) is 16.4 Å². The molecule has 2 aromatic carbocycles. The highest BCUT2D eigenvalue weighted by atomic mass is 32.2. The molecule has 0 bridgehead atoms. The van der Waals surface area contributed by atoms with E-state index in [4.69, 9.17) is 0 Å². The molecule has 0 saturated carbocycles. The Labute approximate surface area is 139 Å². The van der Waals surface area contributed by atoms with E-state index in [1.165, 1.54) is 6.92 Å². The van der Waals surface area contributed by atoms with E-state index in [0.29, 0.717) is 5.69 Å². The standard InChI is InChI=1S/C16H17FN2O4S/c1-10(2)13-6-4-5-7-14(13)18-24(22,23)12-8-11(3)16(17)15(9-12)19(20)21/h4-10,18H,1-3H3. The summed E-state index contributed by atoms with van der Waals surface area (Å²) >= 11 is 0. The molecule has 6 nitrogen and oxygen atoms in total. The zero-order valence-corrected chi connectivity index (χ0v) is 14.2. The molecule has 128 valence electrons. The average molecular weight is 352 g/mol. The van der Waals surface area contributed by atoms with Gasteiger partial charge >= 0.3 is 5.69 Å². The molecule has 2 aromatic rings. The van der Waals surface area contributed by atoms with Crippen LogP contribution in [-0.2, 0) is 10.0 Å². The Morgan fingerprint density at radius 1 is 1.21 bits per heavy atom. The van der Waals surface area contributed by atoms with Crippen LogP contribution in [0.25, 0.3) is 0 Å². The average Bonchev–Trinajstić information content (AvgIpc) is 2.49. The Morgan fingerprint density at radius 2 is 1.83 bits per heavy atom. The van der Waals surface area contributed by atoms with Crippen LogP contribution in [0.2, 0.25) is 0 Å². The van der Waals surface area contributed by atoms with Crippen molar-refractivity contribution in [1.82, 2.24) is 0 Å². The summed E-state index contributed by atoms with van der Waals surface area (Å²) in [7, 11) is -4.09. The normalized spacial score (nSPS) is 11.5. The van der Waals surface area contributed by atoms with E-state index in [1.54, 1.807) is 24.3 Å². The van der Waals surface area contributed by atoms with Gasteiger partial charge in [-0.25, -0.2) is 8.42 Å². The molecule has 0 aliphatic heterocycles. The Hall–Kier alpha value is -2.48. The van der Waals surface area contributed by atoms with E-state index in [0.717, 1.165) is 17.7 Å². The number of nitro benzene ring substituents is 1. The first-order valence-corrected chi connectivity index (χ1v) is 8.68. The van der Waals surface area contributed by atoms with Crippen molar-refractivity contribution in [1.29, 1.82) is 0 Å².